The largest absolute Gasteiger partial charge is 0.363 e. The molecule has 2 aromatic rings. The summed E-state index contributed by atoms with van der Waals surface area (Å²) in [6.45, 7) is 2.08. The number of rotatable bonds is 2. The minimum absolute atomic E-state index is 0.238. The molecule has 0 bridgehead atoms. The quantitative estimate of drug-likeness (QED) is 0.862. The van der Waals surface area contributed by atoms with Crippen LogP contribution in [0.25, 0.3) is 0 Å². The van der Waals surface area contributed by atoms with Gasteiger partial charge in [-0.3, -0.25) is 4.79 Å². The van der Waals surface area contributed by atoms with Gasteiger partial charge in [0.05, 0.1) is 0 Å². The summed E-state index contributed by atoms with van der Waals surface area (Å²) in [5.41, 5.74) is 1.61. The van der Waals surface area contributed by atoms with Crippen molar-refractivity contribution in [2.75, 3.05) is 0 Å². The third kappa shape index (κ3) is 1.74. The Bertz CT molecular complexity index is 633. The Labute approximate surface area is 111 Å². The molecule has 1 heterocycles. The van der Waals surface area contributed by atoms with E-state index >= 15 is 0 Å². The standard InChI is InChI=1S/C16H15NO2/c1-2-11-7-9-12(10-8-11)16(19)14-6-4-3-5-13(14)15(18)17-16/h3-10,19H,2H2,1H3,(H,17,18). The maximum absolute atomic E-state index is 11.9. The summed E-state index contributed by atoms with van der Waals surface area (Å²) >= 11 is 0. The second kappa shape index (κ2) is 4.21. The van der Waals surface area contributed by atoms with E-state index in [9.17, 15) is 9.90 Å². The van der Waals surface area contributed by atoms with Gasteiger partial charge in [-0.15, -0.1) is 0 Å². The highest BCUT2D eigenvalue weighted by molar-refractivity contribution is 6.00. The van der Waals surface area contributed by atoms with Crippen LogP contribution in [0.15, 0.2) is 48.5 Å². The van der Waals surface area contributed by atoms with Crippen LogP contribution in [0.4, 0.5) is 0 Å². The van der Waals surface area contributed by atoms with Gasteiger partial charge in [-0.05, 0) is 18.1 Å². The van der Waals surface area contributed by atoms with Crippen molar-refractivity contribution in [3.63, 3.8) is 0 Å². The molecule has 0 radical (unpaired) electrons. The third-order valence-corrected chi connectivity index (χ3v) is 3.64. The molecule has 0 saturated heterocycles. The topological polar surface area (TPSA) is 49.3 Å². The number of carbonyl (C=O) groups excluding carboxylic acids is 1. The molecule has 0 fully saturated rings. The zero-order valence-electron chi connectivity index (χ0n) is 10.7. The number of hydrogen-bond acceptors (Lipinski definition) is 2. The first-order chi connectivity index (χ1) is 9.15. The van der Waals surface area contributed by atoms with Gasteiger partial charge < -0.3 is 10.4 Å². The lowest BCUT2D eigenvalue weighted by molar-refractivity contribution is 0.0476. The van der Waals surface area contributed by atoms with Gasteiger partial charge in [0.15, 0.2) is 5.72 Å². The van der Waals surface area contributed by atoms with E-state index < -0.39 is 5.72 Å². The Morgan fingerprint density at radius 3 is 2.47 bits per heavy atom. The highest BCUT2D eigenvalue weighted by atomic mass is 16.3. The Balaban J connectivity index is 2.11. The van der Waals surface area contributed by atoms with Crippen LogP contribution in [0.1, 0.15) is 34.0 Å². The molecular weight excluding hydrogens is 238 g/mol. The third-order valence-electron chi connectivity index (χ3n) is 3.64. The minimum Gasteiger partial charge on any atom is -0.363 e. The summed E-state index contributed by atoms with van der Waals surface area (Å²) in [7, 11) is 0. The summed E-state index contributed by atoms with van der Waals surface area (Å²) in [4.78, 5) is 11.9. The molecule has 0 aromatic heterocycles. The van der Waals surface area contributed by atoms with E-state index in [1.54, 1.807) is 18.2 Å². The van der Waals surface area contributed by atoms with E-state index in [4.69, 9.17) is 0 Å². The van der Waals surface area contributed by atoms with Gasteiger partial charge >= 0.3 is 0 Å². The van der Waals surface area contributed by atoms with Gasteiger partial charge in [0.2, 0.25) is 0 Å². The van der Waals surface area contributed by atoms with Gasteiger partial charge in [-0.1, -0.05) is 49.4 Å². The summed E-state index contributed by atoms with van der Waals surface area (Å²) < 4.78 is 0. The number of aliphatic hydroxyl groups is 1. The summed E-state index contributed by atoms with van der Waals surface area (Å²) in [6.07, 6.45) is 0.946. The van der Waals surface area contributed by atoms with Crippen molar-refractivity contribution in [3.05, 3.63) is 70.8 Å². The van der Waals surface area contributed by atoms with Crippen molar-refractivity contribution < 1.29 is 9.90 Å². The van der Waals surface area contributed by atoms with Crippen LogP contribution >= 0.6 is 0 Å². The van der Waals surface area contributed by atoms with Crippen LogP contribution in [0.3, 0.4) is 0 Å². The van der Waals surface area contributed by atoms with Crippen molar-refractivity contribution in [2.45, 2.75) is 19.1 Å². The zero-order chi connectivity index (χ0) is 13.5. The fourth-order valence-corrected chi connectivity index (χ4v) is 2.50. The average molecular weight is 253 g/mol. The molecule has 1 aliphatic heterocycles. The lowest BCUT2D eigenvalue weighted by Crippen LogP contribution is -2.40. The number of aryl methyl sites for hydroxylation is 1. The van der Waals surface area contributed by atoms with Crippen LogP contribution < -0.4 is 5.32 Å². The summed E-state index contributed by atoms with van der Waals surface area (Å²) in [5.74, 6) is -0.238. The first-order valence-corrected chi connectivity index (χ1v) is 6.39. The molecule has 0 spiro atoms. The van der Waals surface area contributed by atoms with Crippen LogP contribution in [-0.4, -0.2) is 11.0 Å². The number of benzene rings is 2. The van der Waals surface area contributed by atoms with Crippen molar-refractivity contribution in [3.8, 4) is 0 Å². The van der Waals surface area contributed by atoms with Crippen LogP contribution in [0, 0.1) is 0 Å². The van der Waals surface area contributed by atoms with Crippen molar-refractivity contribution in [2.24, 2.45) is 0 Å². The Kier molecular flexibility index (Phi) is 2.64. The van der Waals surface area contributed by atoms with E-state index in [0.717, 1.165) is 6.42 Å². The second-order valence-electron chi connectivity index (χ2n) is 4.76. The molecule has 2 N–H and O–H groups in total. The van der Waals surface area contributed by atoms with Crippen LogP contribution in [0.5, 0.6) is 0 Å². The highest BCUT2D eigenvalue weighted by Crippen LogP contribution is 2.34. The summed E-state index contributed by atoms with van der Waals surface area (Å²) in [6, 6.07) is 14.8. The molecule has 3 nitrogen and oxygen atoms in total. The van der Waals surface area contributed by atoms with Gasteiger partial charge in [-0.25, -0.2) is 0 Å². The predicted molar refractivity (Wildman–Crippen MR) is 72.7 cm³/mol. The van der Waals surface area contributed by atoms with Gasteiger partial charge in [0.25, 0.3) is 5.91 Å². The second-order valence-corrected chi connectivity index (χ2v) is 4.76. The number of hydrogen-bond donors (Lipinski definition) is 2. The predicted octanol–water partition coefficient (Wildman–Crippen LogP) is 2.19. The fourth-order valence-electron chi connectivity index (χ4n) is 2.50. The number of carbonyl (C=O) groups is 1. The first-order valence-electron chi connectivity index (χ1n) is 6.39. The van der Waals surface area contributed by atoms with Gasteiger partial charge in [-0.2, -0.15) is 0 Å². The Hall–Kier alpha value is -2.13. The normalized spacial score (nSPS) is 21.1. The fraction of sp³-hybridized carbons (Fsp3) is 0.188. The molecule has 1 aliphatic rings. The molecule has 96 valence electrons. The monoisotopic (exact) mass is 253 g/mol. The van der Waals surface area contributed by atoms with Crippen molar-refractivity contribution in [1.82, 2.24) is 5.32 Å². The Morgan fingerprint density at radius 1 is 1.11 bits per heavy atom. The van der Waals surface area contributed by atoms with E-state index in [0.29, 0.717) is 16.7 Å². The van der Waals surface area contributed by atoms with Crippen LogP contribution in [0.2, 0.25) is 0 Å². The number of fused-ring (bicyclic) bond motifs is 1. The maximum Gasteiger partial charge on any atom is 0.254 e. The minimum atomic E-state index is -1.42. The first kappa shape index (κ1) is 11.9. The Morgan fingerprint density at radius 2 is 1.79 bits per heavy atom. The molecular formula is C16H15NO2. The van der Waals surface area contributed by atoms with Gasteiger partial charge in [0.1, 0.15) is 0 Å². The summed E-state index contributed by atoms with van der Waals surface area (Å²) in [5, 5.41) is 13.5. The molecule has 19 heavy (non-hydrogen) atoms. The maximum atomic E-state index is 11.9. The molecule has 3 heteroatoms. The SMILES string of the molecule is CCc1ccc(C2(O)NC(=O)c3ccccc32)cc1. The highest BCUT2D eigenvalue weighted by Gasteiger charge is 2.42. The van der Waals surface area contributed by atoms with Crippen molar-refractivity contribution >= 4 is 5.91 Å². The average Bonchev–Trinajstić information content (AvgIpc) is 2.72. The van der Waals surface area contributed by atoms with Crippen molar-refractivity contribution in [1.29, 1.82) is 0 Å². The zero-order valence-corrected chi connectivity index (χ0v) is 10.7. The van der Waals surface area contributed by atoms with E-state index in [-0.39, 0.29) is 5.91 Å². The molecule has 0 aliphatic carbocycles. The van der Waals surface area contributed by atoms with E-state index in [1.165, 1.54) is 5.56 Å². The molecule has 3 rings (SSSR count). The molecule has 2 aromatic carbocycles. The molecule has 1 amide bonds. The van der Waals surface area contributed by atoms with E-state index in [2.05, 4.69) is 12.2 Å². The number of nitrogens with one attached hydrogen (secondary N) is 1. The lowest BCUT2D eigenvalue weighted by atomic mass is 9.94. The lowest BCUT2D eigenvalue weighted by Gasteiger charge is -2.24. The van der Waals surface area contributed by atoms with Gasteiger partial charge in [0, 0.05) is 16.7 Å². The van der Waals surface area contributed by atoms with Crippen LogP contribution in [-0.2, 0) is 12.1 Å². The molecule has 0 saturated carbocycles. The molecule has 1 atom stereocenters. The van der Waals surface area contributed by atoms with E-state index in [1.807, 2.05) is 30.3 Å². The number of amides is 1. The molecule has 1 unspecified atom stereocenters. The smallest absolute Gasteiger partial charge is 0.254 e.